The maximum Gasteiger partial charge on any atom is 0.417 e. The Balaban J connectivity index is 1.56. The number of amides is 2. The summed E-state index contributed by atoms with van der Waals surface area (Å²) in [5.41, 5.74) is 3.87. The van der Waals surface area contributed by atoms with Gasteiger partial charge in [-0.15, -0.1) is 0 Å². The van der Waals surface area contributed by atoms with Crippen molar-refractivity contribution in [3.63, 3.8) is 0 Å². The number of pyridine rings is 1. The number of fused-ring (bicyclic) bond motifs is 1. The van der Waals surface area contributed by atoms with Crippen LogP contribution in [0.4, 0.5) is 27.6 Å². The van der Waals surface area contributed by atoms with Gasteiger partial charge in [0.2, 0.25) is 11.8 Å². The van der Waals surface area contributed by atoms with E-state index < -0.39 is 53.0 Å². The first-order valence-corrected chi connectivity index (χ1v) is 9.29. The number of benzene rings is 1. The number of hydrogen-bond acceptors (Lipinski definition) is 4. The van der Waals surface area contributed by atoms with Crippen LogP contribution in [0.2, 0.25) is 0 Å². The fourth-order valence-electron chi connectivity index (χ4n) is 3.80. The summed E-state index contributed by atoms with van der Waals surface area (Å²) in [5, 5.41) is 2.40. The second-order valence-electron chi connectivity index (χ2n) is 7.57. The van der Waals surface area contributed by atoms with Crippen LogP contribution in [0.5, 0.6) is 5.88 Å². The molecule has 2 atom stereocenters. The Kier molecular flexibility index (Phi) is 4.86. The van der Waals surface area contributed by atoms with Crippen LogP contribution in [0.3, 0.4) is 0 Å². The van der Waals surface area contributed by atoms with Crippen LogP contribution in [0, 0.1) is 11.8 Å². The molecule has 1 aromatic carbocycles. The Morgan fingerprint density at radius 2 is 1.74 bits per heavy atom. The molecule has 6 nitrogen and oxygen atoms in total. The van der Waals surface area contributed by atoms with Gasteiger partial charge in [0.15, 0.2) is 0 Å². The minimum atomic E-state index is -4.75. The van der Waals surface area contributed by atoms with Crippen LogP contribution >= 0.6 is 0 Å². The van der Waals surface area contributed by atoms with Gasteiger partial charge in [0, 0.05) is 29.3 Å². The monoisotopic (exact) mass is 441 g/mol. The number of hydrogen-bond donors (Lipinski definition) is 2. The topological polar surface area (TPSA) is 94.3 Å². The van der Waals surface area contributed by atoms with E-state index in [9.17, 15) is 31.5 Å². The van der Waals surface area contributed by atoms with Crippen LogP contribution in [-0.4, -0.2) is 28.8 Å². The van der Waals surface area contributed by atoms with E-state index >= 15 is 0 Å². The van der Waals surface area contributed by atoms with Crippen molar-refractivity contribution in [2.24, 2.45) is 17.6 Å². The predicted molar refractivity (Wildman–Crippen MR) is 97.7 cm³/mol. The van der Waals surface area contributed by atoms with Crippen molar-refractivity contribution in [3.05, 3.63) is 53.2 Å². The van der Waals surface area contributed by atoms with Gasteiger partial charge in [-0.2, -0.15) is 13.2 Å². The Morgan fingerprint density at radius 1 is 1.13 bits per heavy atom. The zero-order chi connectivity index (χ0) is 22.6. The summed E-state index contributed by atoms with van der Waals surface area (Å²) in [6.07, 6.45) is -4.81. The zero-order valence-corrected chi connectivity index (χ0v) is 15.7. The zero-order valence-electron chi connectivity index (χ0n) is 15.7. The molecule has 11 heteroatoms. The van der Waals surface area contributed by atoms with Gasteiger partial charge in [0.25, 0.3) is 11.8 Å². The normalized spacial score (nSPS) is 23.7. The van der Waals surface area contributed by atoms with Crippen LogP contribution in [0.15, 0.2) is 36.5 Å². The van der Waals surface area contributed by atoms with E-state index in [4.69, 9.17) is 10.5 Å². The van der Waals surface area contributed by atoms with Crippen molar-refractivity contribution < 1.29 is 36.3 Å². The van der Waals surface area contributed by atoms with E-state index in [2.05, 4.69) is 10.3 Å². The summed E-state index contributed by atoms with van der Waals surface area (Å²) >= 11 is 0. The highest BCUT2D eigenvalue weighted by Gasteiger charge is 2.72. The number of primary amides is 1. The number of nitrogens with two attached hydrogens (primary N) is 1. The molecule has 2 fully saturated rings. The minimum Gasteiger partial charge on any atom is -0.474 e. The van der Waals surface area contributed by atoms with Gasteiger partial charge in [-0.3, -0.25) is 9.59 Å². The van der Waals surface area contributed by atoms with Crippen LogP contribution < -0.4 is 15.8 Å². The largest absolute Gasteiger partial charge is 0.474 e. The molecule has 31 heavy (non-hydrogen) atoms. The standard InChI is InChI=1S/C20H16F5N3O3/c21-19(22)14-6-12(7-15(14)19)31-18-13(5-10(8-27-18)20(23,24)25)17(30)28-11-3-1-9(2-4-11)16(26)29/h1-5,8,12,14-15H,6-7H2,(H2,26,29)(H,28,30). The van der Waals surface area contributed by atoms with E-state index in [1.54, 1.807) is 0 Å². The number of rotatable bonds is 5. The molecule has 164 valence electrons. The van der Waals surface area contributed by atoms with E-state index in [-0.39, 0.29) is 30.0 Å². The molecule has 2 aromatic rings. The maximum atomic E-state index is 13.4. The highest BCUT2D eigenvalue weighted by Crippen LogP contribution is 2.64. The van der Waals surface area contributed by atoms with Gasteiger partial charge in [-0.05, 0) is 43.2 Å². The smallest absolute Gasteiger partial charge is 0.417 e. The Bertz CT molecular complexity index is 1030. The number of carbonyl (C=O) groups excluding carboxylic acids is 2. The maximum absolute atomic E-state index is 13.4. The van der Waals surface area contributed by atoms with Crippen molar-refractivity contribution in [3.8, 4) is 5.88 Å². The molecule has 0 aliphatic heterocycles. The second-order valence-corrected chi connectivity index (χ2v) is 7.57. The molecule has 1 aromatic heterocycles. The van der Waals surface area contributed by atoms with Crippen LogP contribution in [-0.2, 0) is 6.18 Å². The van der Waals surface area contributed by atoms with Gasteiger partial charge < -0.3 is 15.8 Å². The van der Waals surface area contributed by atoms with Crippen LogP contribution in [0.25, 0.3) is 0 Å². The molecule has 0 bridgehead atoms. The minimum absolute atomic E-state index is 0.0377. The third-order valence-corrected chi connectivity index (χ3v) is 5.53. The molecule has 2 unspecified atom stereocenters. The summed E-state index contributed by atoms with van der Waals surface area (Å²) in [6, 6.07) is 5.98. The van der Waals surface area contributed by atoms with E-state index in [1.165, 1.54) is 24.3 Å². The summed E-state index contributed by atoms with van der Waals surface area (Å²) in [5.74, 6) is -6.34. The lowest BCUT2D eigenvalue weighted by atomic mass is 10.1. The summed E-state index contributed by atoms with van der Waals surface area (Å²) in [6.45, 7) is 0. The summed E-state index contributed by atoms with van der Waals surface area (Å²) < 4.78 is 71.7. The van der Waals surface area contributed by atoms with E-state index in [1.807, 2.05) is 0 Å². The number of alkyl halides is 5. The first kappa shape index (κ1) is 21.0. The average Bonchev–Trinajstić information content (AvgIpc) is 3.03. The molecule has 0 radical (unpaired) electrons. The second kappa shape index (κ2) is 7.17. The van der Waals surface area contributed by atoms with Gasteiger partial charge >= 0.3 is 6.18 Å². The van der Waals surface area contributed by atoms with Gasteiger partial charge in [-0.1, -0.05) is 0 Å². The molecule has 2 aliphatic carbocycles. The Labute approximate surface area is 172 Å². The predicted octanol–water partition coefficient (Wildman–Crippen LogP) is 3.87. The number of anilines is 1. The lowest BCUT2D eigenvalue weighted by Gasteiger charge is -2.19. The van der Waals surface area contributed by atoms with Crippen molar-refractivity contribution in [1.29, 1.82) is 0 Å². The molecule has 1 heterocycles. The molecule has 3 N–H and O–H groups in total. The first-order valence-electron chi connectivity index (χ1n) is 9.29. The Morgan fingerprint density at radius 3 is 2.29 bits per heavy atom. The molecule has 2 aliphatic rings. The average molecular weight is 441 g/mol. The molecule has 4 rings (SSSR count). The van der Waals surface area contributed by atoms with E-state index in [0.29, 0.717) is 12.3 Å². The molecule has 0 saturated heterocycles. The number of nitrogens with zero attached hydrogens (tertiary/aromatic N) is 1. The third kappa shape index (κ3) is 4.04. The van der Waals surface area contributed by atoms with Crippen LogP contribution in [0.1, 0.15) is 39.1 Å². The van der Waals surface area contributed by atoms with E-state index in [0.717, 1.165) is 0 Å². The molecule has 2 saturated carbocycles. The van der Waals surface area contributed by atoms with Crippen molar-refractivity contribution >= 4 is 17.5 Å². The Hall–Kier alpha value is -3.24. The van der Waals surface area contributed by atoms with Gasteiger partial charge in [0.1, 0.15) is 11.7 Å². The molecule has 0 spiro atoms. The highest BCUT2D eigenvalue weighted by atomic mass is 19.4. The molecule has 2 amide bonds. The lowest BCUT2D eigenvalue weighted by Crippen LogP contribution is -2.23. The van der Waals surface area contributed by atoms with Crippen molar-refractivity contribution in [2.45, 2.75) is 31.0 Å². The van der Waals surface area contributed by atoms with Gasteiger partial charge in [-0.25, -0.2) is 13.8 Å². The lowest BCUT2D eigenvalue weighted by molar-refractivity contribution is -0.137. The SMILES string of the molecule is NC(=O)c1ccc(NC(=O)c2cc(C(F)(F)F)cnc2OC2CC3C(C2)C3(F)F)cc1. The highest BCUT2D eigenvalue weighted by molar-refractivity contribution is 6.06. The molecular formula is C20H16F5N3O3. The quantitative estimate of drug-likeness (QED) is 0.689. The van der Waals surface area contributed by atoms with Crippen molar-refractivity contribution in [2.75, 3.05) is 5.32 Å². The summed E-state index contributed by atoms with van der Waals surface area (Å²) in [7, 11) is 0. The number of carbonyl (C=O) groups is 2. The fourth-order valence-corrected chi connectivity index (χ4v) is 3.80. The number of nitrogens with one attached hydrogen (secondary N) is 1. The number of ether oxygens (including phenoxy) is 1. The third-order valence-electron chi connectivity index (χ3n) is 5.53. The molecular weight excluding hydrogens is 425 g/mol. The van der Waals surface area contributed by atoms with Crippen molar-refractivity contribution in [1.82, 2.24) is 4.98 Å². The number of halogens is 5. The first-order chi connectivity index (χ1) is 14.5. The van der Waals surface area contributed by atoms with Gasteiger partial charge in [0.05, 0.1) is 5.56 Å². The fraction of sp³-hybridized carbons (Fsp3) is 0.350. The number of aromatic nitrogens is 1. The summed E-state index contributed by atoms with van der Waals surface area (Å²) in [4.78, 5) is 27.4.